The van der Waals surface area contributed by atoms with Gasteiger partial charge in [0.25, 0.3) is 0 Å². The van der Waals surface area contributed by atoms with Gasteiger partial charge in [-0.1, -0.05) is 12.2 Å². The van der Waals surface area contributed by atoms with E-state index in [1.165, 1.54) is 6.42 Å². The molecule has 0 saturated heterocycles. The van der Waals surface area contributed by atoms with E-state index in [4.69, 9.17) is 0 Å². The maximum Gasteiger partial charge on any atom is -0.0140 e. The summed E-state index contributed by atoms with van der Waals surface area (Å²) < 4.78 is 0. The summed E-state index contributed by atoms with van der Waals surface area (Å²) in [6.45, 7) is 4.06. The van der Waals surface area contributed by atoms with Crippen LogP contribution in [0.25, 0.3) is 0 Å². The molecule has 4 atom stereocenters. The SMILES string of the molecule is C=C1CC2CC3C1C23. The van der Waals surface area contributed by atoms with Crippen LogP contribution in [-0.4, -0.2) is 0 Å². The molecule has 0 heteroatoms. The number of hydrogen-bond acceptors (Lipinski definition) is 0. The first kappa shape index (κ1) is 3.71. The Morgan fingerprint density at radius 2 is 2.38 bits per heavy atom. The molecule has 3 saturated carbocycles. The fourth-order valence-corrected chi connectivity index (χ4v) is 2.93. The van der Waals surface area contributed by atoms with E-state index in [0.29, 0.717) is 0 Å². The van der Waals surface area contributed by atoms with Gasteiger partial charge in [0.05, 0.1) is 0 Å². The first-order valence-corrected chi connectivity index (χ1v) is 3.55. The van der Waals surface area contributed by atoms with Crippen LogP contribution in [0.3, 0.4) is 0 Å². The second kappa shape index (κ2) is 0.792. The normalized spacial score (nSPS) is 64.8. The molecule has 0 heterocycles. The minimum atomic E-state index is 1.03. The Balaban J connectivity index is 2.09. The molecule has 0 aromatic heterocycles. The van der Waals surface area contributed by atoms with Crippen molar-refractivity contribution in [3.05, 3.63) is 12.2 Å². The van der Waals surface area contributed by atoms with Crippen molar-refractivity contribution in [2.45, 2.75) is 12.8 Å². The molecule has 0 N–H and O–H groups in total. The summed E-state index contributed by atoms with van der Waals surface area (Å²) in [7, 11) is 0. The summed E-state index contributed by atoms with van der Waals surface area (Å²) in [6, 6.07) is 0. The first-order valence-electron chi connectivity index (χ1n) is 3.55. The predicted molar refractivity (Wildman–Crippen MR) is 32.3 cm³/mol. The molecule has 3 aliphatic carbocycles. The number of fused-ring (bicyclic) bond motifs is 1. The summed E-state index contributed by atoms with van der Waals surface area (Å²) in [5, 5.41) is 0. The van der Waals surface area contributed by atoms with E-state index in [1.807, 2.05) is 0 Å². The fourth-order valence-electron chi connectivity index (χ4n) is 2.93. The van der Waals surface area contributed by atoms with Gasteiger partial charge in [-0.05, 0) is 36.5 Å². The van der Waals surface area contributed by atoms with Crippen molar-refractivity contribution in [3.8, 4) is 0 Å². The zero-order valence-corrected chi connectivity index (χ0v) is 4.93. The van der Waals surface area contributed by atoms with Gasteiger partial charge in [-0.15, -0.1) is 0 Å². The minimum absolute atomic E-state index is 1.03. The zero-order chi connectivity index (χ0) is 5.30. The lowest BCUT2D eigenvalue weighted by Gasteiger charge is -2.24. The van der Waals surface area contributed by atoms with Crippen LogP contribution in [0.15, 0.2) is 12.2 Å². The first-order chi connectivity index (χ1) is 3.88. The smallest absolute Gasteiger partial charge is 0.0140 e. The van der Waals surface area contributed by atoms with Crippen LogP contribution < -0.4 is 0 Å². The Morgan fingerprint density at radius 1 is 1.50 bits per heavy atom. The molecule has 42 valence electrons. The van der Waals surface area contributed by atoms with Crippen LogP contribution in [0.2, 0.25) is 0 Å². The Labute approximate surface area is 49.6 Å². The van der Waals surface area contributed by atoms with Crippen molar-refractivity contribution >= 4 is 0 Å². The van der Waals surface area contributed by atoms with Gasteiger partial charge in [0, 0.05) is 0 Å². The zero-order valence-electron chi connectivity index (χ0n) is 4.93. The van der Waals surface area contributed by atoms with Crippen LogP contribution in [0.4, 0.5) is 0 Å². The molecular formula is C8H10. The molecule has 4 unspecified atom stereocenters. The average Bonchev–Trinajstić information content (AvgIpc) is 2.20. The molecule has 0 aromatic rings. The maximum absolute atomic E-state index is 4.06. The third kappa shape index (κ3) is 0.195. The van der Waals surface area contributed by atoms with Crippen molar-refractivity contribution in [2.24, 2.45) is 23.7 Å². The Morgan fingerprint density at radius 3 is 2.62 bits per heavy atom. The quantitative estimate of drug-likeness (QED) is 0.413. The molecule has 0 nitrogen and oxygen atoms in total. The van der Waals surface area contributed by atoms with Gasteiger partial charge in [-0.25, -0.2) is 0 Å². The summed E-state index contributed by atoms with van der Waals surface area (Å²) >= 11 is 0. The third-order valence-electron chi connectivity index (χ3n) is 3.34. The number of allylic oxidation sites excluding steroid dienone is 1. The number of rotatable bonds is 0. The third-order valence-corrected chi connectivity index (χ3v) is 3.34. The van der Waals surface area contributed by atoms with E-state index < -0.39 is 0 Å². The molecule has 3 fully saturated rings. The molecule has 3 aliphatic rings. The Kier molecular flexibility index (Phi) is 0.367. The van der Waals surface area contributed by atoms with Crippen LogP contribution in [0.5, 0.6) is 0 Å². The highest BCUT2D eigenvalue weighted by Crippen LogP contribution is 2.74. The fraction of sp³-hybridized carbons (Fsp3) is 0.750. The molecule has 0 radical (unpaired) electrons. The van der Waals surface area contributed by atoms with Gasteiger partial charge >= 0.3 is 0 Å². The van der Waals surface area contributed by atoms with Crippen LogP contribution in [0, 0.1) is 23.7 Å². The van der Waals surface area contributed by atoms with Crippen molar-refractivity contribution < 1.29 is 0 Å². The van der Waals surface area contributed by atoms with Gasteiger partial charge in [-0.3, -0.25) is 0 Å². The largest absolute Gasteiger partial charge is 0.0995 e. The summed E-state index contributed by atoms with van der Waals surface area (Å²) in [6.07, 6.45) is 2.93. The van der Waals surface area contributed by atoms with Gasteiger partial charge in [0.2, 0.25) is 0 Å². The monoisotopic (exact) mass is 106 g/mol. The van der Waals surface area contributed by atoms with Crippen molar-refractivity contribution in [2.75, 3.05) is 0 Å². The highest BCUT2D eigenvalue weighted by Gasteiger charge is 2.67. The van der Waals surface area contributed by atoms with E-state index in [0.717, 1.165) is 23.7 Å². The molecule has 8 heavy (non-hydrogen) atoms. The van der Waals surface area contributed by atoms with E-state index in [-0.39, 0.29) is 0 Å². The van der Waals surface area contributed by atoms with E-state index in [2.05, 4.69) is 6.58 Å². The van der Waals surface area contributed by atoms with Gasteiger partial charge < -0.3 is 0 Å². The van der Waals surface area contributed by atoms with Gasteiger partial charge in [0.15, 0.2) is 0 Å². The second-order valence-electron chi connectivity index (χ2n) is 3.63. The standard InChI is InChI=1S/C8H10/c1-4-2-5-3-6-7(4)8(5)6/h5-8H,1-3H2. The van der Waals surface area contributed by atoms with Crippen molar-refractivity contribution in [3.63, 3.8) is 0 Å². The van der Waals surface area contributed by atoms with Gasteiger partial charge in [-0.2, -0.15) is 0 Å². The lowest BCUT2D eigenvalue weighted by molar-refractivity contribution is 0.290. The van der Waals surface area contributed by atoms with Crippen LogP contribution in [-0.2, 0) is 0 Å². The number of hydrogen-bond donors (Lipinski definition) is 0. The minimum Gasteiger partial charge on any atom is -0.0995 e. The topological polar surface area (TPSA) is 0 Å². The van der Waals surface area contributed by atoms with E-state index >= 15 is 0 Å². The highest BCUT2D eigenvalue weighted by atomic mass is 14.7. The highest BCUT2D eigenvalue weighted by molar-refractivity contribution is 5.31. The van der Waals surface area contributed by atoms with E-state index in [1.54, 1.807) is 12.0 Å². The lowest BCUT2D eigenvalue weighted by Crippen LogP contribution is -2.15. The lowest BCUT2D eigenvalue weighted by atomic mass is 9.81. The predicted octanol–water partition coefficient (Wildman–Crippen LogP) is 1.83. The molecule has 0 spiro atoms. The maximum atomic E-state index is 4.06. The molecule has 3 rings (SSSR count). The summed E-state index contributed by atoms with van der Waals surface area (Å²) in [4.78, 5) is 0. The van der Waals surface area contributed by atoms with Crippen molar-refractivity contribution in [1.29, 1.82) is 0 Å². The Hall–Kier alpha value is -0.260. The average molecular weight is 106 g/mol. The molecular weight excluding hydrogens is 96.1 g/mol. The van der Waals surface area contributed by atoms with Gasteiger partial charge in [0.1, 0.15) is 0 Å². The summed E-state index contributed by atoms with van der Waals surface area (Å²) in [5.74, 6) is 4.43. The van der Waals surface area contributed by atoms with E-state index in [9.17, 15) is 0 Å². The van der Waals surface area contributed by atoms with Crippen LogP contribution >= 0.6 is 0 Å². The molecule has 0 bridgehead atoms. The second-order valence-corrected chi connectivity index (χ2v) is 3.63. The molecule has 0 aliphatic heterocycles. The molecule has 0 amide bonds. The van der Waals surface area contributed by atoms with Crippen LogP contribution in [0.1, 0.15) is 12.8 Å². The summed E-state index contributed by atoms with van der Waals surface area (Å²) in [5.41, 5.74) is 1.58. The van der Waals surface area contributed by atoms with Crippen molar-refractivity contribution in [1.82, 2.24) is 0 Å². The molecule has 0 aromatic carbocycles. The Bertz CT molecular complexity index is 169.